The van der Waals surface area contributed by atoms with Gasteiger partial charge in [0.1, 0.15) is 5.78 Å². The van der Waals surface area contributed by atoms with Gasteiger partial charge in [-0.25, -0.2) is 0 Å². The van der Waals surface area contributed by atoms with E-state index in [9.17, 15) is 4.79 Å². The van der Waals surface area contributed by atoms with Crippen molar-refractivity contribution < 1.29 is 4.79 Å². The number of ketones is 1. The Morgan fingerprint density at radius 2 is 2.07 bits per heavy atom. The second kappa shape index (κ2) is 4.67. The summed E-state index contributed by atoms with van der Waals surface area (Å²) in [5.74, 6) is 1.43. The Kier molecular flexibility index (Phi) is 4.02. The van der Waals surface area contributed by atoms with Gasteiger partial charge in [-0.05, 0) is 20.3 Å². The highest BCUT2D eigenvalue weighted by Gasteiger charge is 2.26. The third-order valence-corrected chi connectivity index (χ3v) is 4.38. The number of hydrogen-bond donors (Lipinski definition) is 0. The monoisotopic (exact) mass is 215 g/mol. The average molecular weight is 215 g/mol. The van der Waals surface area contributed by atoms with Crippen molar-refractivity contribution in [3.8, 4) is 0 Å². The molecule has 0 saturated carbocycles. The van der Waals surface area contributed by atoms with Crippen molar-refractivity contribution in [2.75, 3.05) is 18.8 Å². The molecule has 0 aliphatic carbocycles. The Bertz CT molecular complexity index is 215. The lowest BCUT2D eigenvalue weighted by atomic mass is 10.1. The number of thioether (sulfide) groups is 1. The van der Waals surface area contributed by atoms with Crippen molar-refractivity contribution in [1.29, 1.82) is 0 Å². The van der Waals surface area contributed by atoms with Crippen molar-refractivity contribution in [3.63, 3.8) is 0 Å². The van der Waals surface area contributed by atoms with Crippen molar-refractivity contribution in [2.24, 2.45) is 0 Å². The van der Waals surface area contributed by atoms with Gasteiger partial charge in [-0.15, -0.1) is 0 Å². The van der Waals surface area contributed by atoms with E-state index in [1.54, 1.807) is 6.92 Å². The van der Waals surface area contributed by atoms with E-state index < -0.39 is 0 Å². The van der Waals surface area contributed by atoms with Gasteiger partial charge in [0.25, 0.3) is 0 Å². The first-order valence-electron chi connectivity index (χ1n) is 5.31. The Morgan fingerprint density at radius 3 is 2.64 bits per heavy atom. The molecule has 0 bridgehead atoms. The molecule has 1 saturated heterocycles. The fourth-order valence-electron chi connectivity index (χ4n) is 1.68. The lowest BCUT2D eigenvalue weighted by Crippen LogP contribution is -2.39. The maximum Gasteiger partial charge on any atom is 0.146 e. The minimum atomic E-state index is 0.101. The number of carbonyl (C=O) groups is 1. The highest BCUT2D eigenvalue weighted by molar-refractivity contribution is 8.00. The predicted octanol–water partition coefficient (Wildman–Crippen LogP) is 2.18. The van der Waals surface area contributed by atoms with Crippen LogP contribution in [-0.4, -0.2) is 40.3 Å². The standard InChI is InChI=1S/C11H21NOS/c1-9(10(2)13)12-6-5-11(3,4)14-8-7-12/h9H,5-8H2,1-4H3. The molecular weight excluding hydrogens is 194 g/mol. The van der Waals surface area contributed by atoms with Crippen molar-refractivity contribution >= 4 is 17.5 Å². The smallest absolute Gasteiger partial charge is 0.146 e. The first-order valence-corrected chi connectivity index (χ1v) is 6.29. The minimum Gasteiger partial charge on any atom is -0.298 e. The Hall–Kier alpha value is -0.0200. The van der Waals surface area contributed by atoms with Crippen LogP contribution < -0.4 is 0 Å². The highest BCUT2D eigenvalue weighted by Crippen LogP contribution is 2.31. The number of Topliss-reactive ketones (excluding diaryl/α,β-unsaturated/α-hetero) is 1. The fraction of sp³-hybridized carbons (Fsp3) is 0.909. The number of hydrogen-bond acceptors (Lipinski definition) is 3. The summed E-state index contributed by atoms with van der Waals surface area (Å²) in [5.41, 5.74) is 0. The second-order valence-corrected chi connectivity index (χ2v) is 6.48. The van der Waals surface area contributed by atoms with Gasteiger partial charge in [-0.3, -0.25) is 9.69 Å². The van der Waals surface area contributed by atoms with Gasteiger partial charge in [0.15, 0.2) is 0 Å². The van der Waals surface area contributed by atoms with Gasteiger partial charge in [0, 0.05) is 23.6 Å². The molecule has 0 aromatic heterocycles. The normalized spacial score (nSPS) is 25.4. The minimum absolute atomic E-state index is 0.101. The SMILES string of the molecule is CC(=O)C(C)N1CCSC(C)(C)CC1. The molecule has 1 atom stereocenters. The first-order chi connectivity index (χ1) is 6.42. The maximum absolute atomic E-state index is 11.3. The van der Waals surface area contributed by atoms with Crippen LogP contribution in [0.25, 0.3) is 0 Å². The van der Waals surface area contributed by atoms with Crippen LogP contribution in [0.2, 0.25) is 0 Å². The van der Waals surface area contributed by atoms with Crippen LogP contribution in [0, 0.1) is 0 Å². The zero-order valence-electron chi connectivity index (χ0n) is 9.67. The molecule has 1 aliphatic rings. The summed E-state index contributed by atoms with van der Waals surface area (Å²) in [6, 6.07) is 0.101. The van der Waals surface area contributed by atoms with Gasteiger partial charge in [-0.2, -0.15) is 11.8 Å². The van der Waals surface area contributed by atoms with Gasteiger partial charge < -0.3 is 0 Å². The molecule has 0 spiro atoms. The number of rotatable bonds is 2. The molecule has 0 aromatic carbocycles. The summed E-state index contributed by atoms with van der Waals surface area (Å²) in [5, 5.41) is 0. The quantitative estimate of drug-likeness (QED) is 0.704. The third kappa shape index (κ3) is 3.28. The summed E-state index contributed by atoms with van der Waals surface area (Å²) in [6.45, 7) is 10.4. The molecule has 1 heterocycles. The zero-order chi connectivity index (χ0) is 10.8. The van der Waals surface area contributed by atoms with Gasteiger partial charge in [-0.1, -0.05) is 13.8 Å². The van der Waals surface area contributed by atoms with Crippen LogP contribution in [0.3, 0.4) is 0 Å². The lowest BCUT2D eigenvalue weighted by Gasteiger charge is -2.26. The number of nitrogens with zero attached hydrogens (tertiary/aromatic N) is 1. The van der Waals surface area contributed by atoms with Gasteiger partial charge >= 0.3 is 0 Å². The average Bonchev–Trinajstić information content (AvgIpc) is 2.25. The molecule has 2 nitrogen and oxygen atoms in total. The first kappa shape index (κ1) is 12.1. The molecule has 82 valence electrons. The predicted molar refractivity (Wildman–Crippen MR) is 62.9 cm³/mol. The summed E-state index contributed by atoms with van der Waals surface area (Å²) in [6.07, 6.45) is 1.18. The second-order valence-electron chi connectivity index (χ2n) is 4.68. The van der Waals surface area contributed by atoms with Crippen LogP contribution in [-0.2, 0) is 4.79 Å². The fourth-order valence-corrected chi connectivity index (χ4v) is 2.79. The van der Waals surface area contributed by atoms with E-state index in [-0.39, 0.29) is 11.8 Å². The van der Waals surface area contributed by atoms with Crippen LogP contribution in [0.1, 0.15) is 34.1 Å². The molecule has 1 aliphatic heterocycles. The van der Waals surface area contributed by atoms with E-state index in [1.807, 2.05) is 18.7 Å². The lowest BCUT2D eigenvalue weighted by molar-refractivity contribution is -0.121. The van der Waals surface area contributed by atoms with Gasteiger partial charge in [0.05, 0.1) is 6.04 Å². The molecule has 0 amide bonds. The van der Waals surface area contributed by atoms with Crippen LogP contribution >= 0.6 is 11.8 Å². The van der Waals surface area contributed by atoms with Gasteiger partial charge in [0.2, 0.25) is 0 Å². The third-order valence-electron chi connectivity index (χ3n) is 3.01. The molecule has 1 fully saturated rings. The molecule has 1 rings (SSSR count). The highest BCUT2D eigenvalue weighted by atomic mass is 32.2. The molecule has 14 heavy (non-hydrogen) atoms. The molecule has 0 N–H and O–H groups in total. The van der Waals surface area contributed by atoms with E-state index >= 15 is 0 Å². The molecule has 0 radical (unpaired) electrons. The van der Waals surface area contributed by atoms with Crippen LogP contribution in [0.5, 0.6) is 0 Å². The van der Waals surface area contributed by atoms with Crippen molar-refractivity contribution in [2.45, 2.75) is 44.9 Å². The Labute approximate surface area is 91.4 Å². The van der Waals surface area contributed by atoms with E-state index in [2.05, 4.69) is 18.7 Å². The summed E-state index contributed by atoms with van der Waals surface area (Å²) >= 11 is 2.02. The summed E-state index contributed by atoms with van der Waals surface area (Å²) in [7, 11) is 0. The van der Waals surface area contributed by atoms with E-state index in [0.717, 1.165) is 18.8 Å². The van der Waals surface area contributed by atoms with E-state index in [4.69, 9.17) is 0 Å². The van der Waals surface area contributed by atoms with E-state index in [1.165, 1.54) is 6.42 Å². The van der Waals surface area contributed by atoms with Crippen molar-refractivity contribution in [1.82, 2.24) is 4.90 Å². The summed E-state index contributed by atoms with van der Waals surface area (Å²) in [4.78, 5) is 13.6. The van der Waals surface area contributed by atoms with Crippen LogP contribution in [0.4, 0.5) is 0 Å². The summed E-state index contributed by atoms with van der Waals surface area (Å²) < 4.78 is 0.380. The van der Waals surface area contributed by atoms with Crippen molar-refractivity contribution in [3.05, 3.63) is 0 Å². The topological polar surface area (TPSA) is 20.3 Å². The zero-order valence-corrected chi connectivity index (χ0v) is 10.5. The molecule has 0 aromatic rings. The molecular formula is C11H21NOS. The Morgan fingerprint density at radius 1 is 1.43 bits per heavy atom. The maximum atomic E-state index is 11.3. The van der Waals surface area contributed by atoms with E-state index in [0.29, 0.717) is 4.75 Å². The molecule has 1 unspecified atom stereocenters. The number of carbonyl (C=O) groups excluding carboxylic acids is 1. The largest absolute Gasteiger partial charge is 0.298 e. The van der Waals surface area contributed by atoms with Crippen LogP contribution in [0.15, 0.2) is 0 Å². The Balaban J connectivity index is 2.54. The molecule has 3 heteroatoms.